The summed E-state index contributed by atoms with van der Waals surface area (Å²) in [6.07, 6.45) is 6.50. The summed E-state index contributed by atoms with van der Waals surface area (Å²) in [6.45, 7) is 9.43. The summed E-state index contributed by atoms with van der Waals surface area (Å²) in [6, 6.07) is 8.79. The second-order valence-electron chi connectivity index (χ2n) is 7.60. The Hall–Kier alpha value is -2.27. The predicted octanol–water partition coefficient (Wildman–Crippen LogP) is 3.92. The van der Waals surface area contributed by atoms with Crippen LogP contribution in [0.3, 0.4) is 0 Å². The van der Waals surface area contributed by atoms with E-state index in [9.17, 15) is 0 Å². The third kappa shape index (κ3) is 3.36. The van der Waals surface area contributed by atoms with Gasteiger partial charge in [-0.3, -0.25) is 4.90 Å². The molecule has 4 rings (SSSR count). The fraction of sp³-hybridized carbons (Fsp3) is 0.476. The minimum absolute atomic E-state index is 0.450. The molecule has 0 unspecified atom stereocenters. The molecule has 1 aromatic carbocycles. The standard InChI is InChI=1S/C21H27N5/c1-15(2)21-22-10-12-26(21)13-17-7-6-11-25(17)14-20-23-16(3)18-8-4-5-9-19(18)24-20/h4-5,8-10,12,15,17H,6-7,11,13-14H2,1-3H3/t17-/m1/s1. The van der Waals surface area contributed by atoms with Crippen LogP contribution in [0.1, 0.15) is 49.9 Å². The van der Waals surface area contributed by atoms with Crippen molar-refractivity contribution in [3.8, 4) is 0 Å². The van der Waals surface area contributed by atoms with Gasteiger partial charge in [0.25, 0.3) is 0 Å². The van der Waals surface area contributed by atoms with Crippen LogP contribution >= 0.6 is 0 Å². The summed E-state index contributed by atoms with van der Waals surface area (Å²) in [5, 5.41) is 1.15. The molecule has 3 heterocycles. The second kappa shape index (κ2) is 7.16. The monoisotopic (exact) mass is 349 g/mol. The lowest BCUT2D eigenvalue weighted by atomic mass is 10.2. The van der Waals surface area contributed by atoms with Crippen LogP contribution in [0.25, 0.3) is 10.9 Å². The second-order valence-corrected chi connectivity index (χ2v) is 7.60. The van der Waals surface area contributed by atoms with Crippen LogP contribution in [0, 0.1) is 6.92 Å². The Morgan fingerprint density at radius 1 is 1.19 bits per heavy atom. The molecule has 5 heteroatoms. The van der Waals surface area contributed by atoms with E-state index in [0.717, 1.165) is 42.1 Å². The summed E-state index contributed by atoms with van der Waals surface area (Å²) >= 11 is 0. The maximum absolute atomic E-state index is 4.80. The van der Waals surface area contributed by atoms with Gasteiger partial charge in [0.05, 0.1) is 12.1 Å². The maximum atomic E-state index is 4.80. The van der Waals surface area contributed by atoms with Crippen LogP contribution in [0.5, 0.6) is 0 Å². The van der Waals surface area contributed by atoms with Gasteiger partial charge in [0.1, 0.15) is 11.6 Å². The first kappa shape index (κ1) is 17.2. The lowest BCUT2D eigenvalue weighted by molar-refractivity contribution is 0.217. The molecular weight excluding hydrogens is 322 g/mol. The number of para-hydroxylation sites is 1. The fourth-order valence-corrected chi connectivity index (χ4v) is 4.06. The molecule has 1 atom stereocenters. The Balaban J connectivity index is 1.53. The fourth-order valence-electron chi connectivity index (χ4n) is 4.06. The van der Waals surface area contributed by atoms with Gasteiger partial charge >= 0.3 is 0 Å². The number of hydrogen-bond donors (Lipinski definition) is 0. The SMILES string of the molecule is Cc1nc(CN2CCC[C@@H]2Cn2ccnc2C(C)C)nc2ccccc12. The number of hydrogen-bond acceptors (Lipinski definition) is 4. The quantitative estimate of drug-likeness (QED) is 0.700. The van der Waals surface area contributed by atoms with Gasteiger partial charge in [-0.2, -0.15) is 0 Å². The third-order valence-electron chi connectivity index (χ3n) is 5.36. The van der Waals surface area contributed by atoms with Gasteiger partial charge < -0.3 is 4.57 Å². The first-order chi connectivity index (χ1) is 12.6. The lowest BCUT2D eigenvalue weighted by Gasteiger charge is -2.25. The van der Waals surface area contributed by atoms with Crippen molar-refractivity contribution in [1.29, 1.82) is 0 Å². The van der Waals surface area contributed by atoms with E-state index in [-0.39, 0.29) is 0 Å². The number of likely N-dealkylation sites (tertiary alicyclic amines) is 1. The van der Waals surface area contributed by atoms with Crippen molar-refractivity contribution >= 4 is 10.9 Å². The Morgan fingerprint density at radius 3 is 2.88 bits per heavy atom. The first-order valence-electron chi connectivity index (χ1n) is 9.59. The van der Waals surface area contributed by atoms with Gasteiger partial charge in [-0.15, -0.1) is 0 Å². The highest BCUT2D eigenvalue weighted by Crippen LogP contribution is 2.23. The molecule has 0 N–H and O–H groups in total. The van der Waals surface area contributed by atoms with E-state index in [1.54, 1.807) is 0 Å². The Morgan fingerprint density at radius 2 is 2.04 bits per heavy atom. The molecule has 1 fully saturated rings. The maximum Gasteiger partial charge on any atom is 0.143 e. The zero-order valence-electron chi connectivity index (χ0n) is 15.9. The smallest absolute Gasteiger partial charge is 0.143 e. The van der Waals surface area contributed by atoms with Crippen LogP contribution in [0.2, 0.25) is 0 Å². The van der Waals surface area contributed by atoms with Gasteiger partial charge in [0, 0.05) is 42.0 Å². The first-order valence-corrected chi connectivity index (χ1v) is 9.59. The molecule has 1 aliphatic heterocycles. The largest absolute Gasteiger partial charge is 0.333 e. The third-order valence-corrected chi connectivity index (χ3v) is 5.36. The van der Waals surface area contributed by atoms with Crippen LogP contribution < -0.4 is 0 Å². The summed E-state index contributed by atoms with van der Waals surface area (Å²) in [5.41, 5.74) is 2.11. The van der Waals surface area contributed by atoms with Gasteiger partial charge in [0.15, 0.2) is 0 Å². The number of aryl methyl sites for hydroxylation is 1. The van der Waals surface area contributed by atoms with E-state index < -0.39 is 0 Å². The van der Waals surface area contributed by atoms with Crippen LogP contribution in [-0.2, 0) is 13.1 Å². The zero-order valence-corrected chi connectivity index (χ0v) is 15.9. The molecule has 2 aromatic heterocycles. The molecule has 5 nitrogen and oxygen atoms in total. The number of nitrogens with zero attached hydrogens (tertiary/aromatic N) is 5. The predicted molar refractivity (Wildman–Crippen MR) is 104 cm³/mol. The van der Waals surface area contributed by atoms with E-state index in [4.69, 9.17) is 9.97 Å². The summed E-state index contributed by atoms with van der Waals surface area (Å²) in [7, 11) is 0. The van der Waals surface area contributed by atoms with Crippen molar-refractivity contribution < 1.29 is 0 Å². The molecule has 3 aromatic rings. The Bertz CT molecular complexity index is 898. The molecular formula is C21H27N5. The lowest BCUT2D eigenvalue weighted by Crippen LogP contribution is -2.33. The van der Waals surface area contributed by atoms with Gasteiger partial charge in [0.2, 0.25) is 0 Å². The molecule has 0 aliphatic carbocycles. The van der Waals surface area contributed by atoms with E-state index in [0.29, 0.717) is 12.0 Å². The minimum atomic E-state index is 0.450. The van der Waals surface area contributed by atoms with Crippen molar-refractivity contribution in [2.75, 3.05) is 6.54 Å². The van der Waals surface area contributed by atoms with E-state index in [1.807, 2.05) is 18.3 Å². The molecule has 0 saturated carbocycles. The number of imidazole rings is 1. The molecule has 136 valence electrons. The highest BCUT2D eigenvalue weighted by molar-refractivity contribution is 5.80. The average molecular weight is 349 g/mol. The van der Waals surface area contributed by atoms with E-state index in [2.05, 4.69) is 53.6 Å². The topological polar surface area (TPSA) is 46.8 Å². The van der Waals surface area contributed by atoms with Crippen molar-refractivity contribution in [2.24, 2.45) is 0 Å². The molecule has 0 bridgehead atoms. The highest BCUT2D eigenvalue weighted by atomic mass is 15.2. The number of aromatic nitrogens is 4. The van der Waals surface area contributed by atoms with Crippen molar-refractivity contribution in [3.63, 3.8) is 0 Å². The van der Waals surface area contributed by atoms with Crippen LogP contribution in [0.4, 0.5) is 0 Å². The molecule has 0 amide bonds. The highest BCUT2D eigenvalue weighted by Gasteiger charge is 2.26. The van der Waals surface area contributed by atoms with E-state index in [1.165, 1.54) is 18.7 Å². The van der Waals surface area contributed by atoms with Crippen LogP contribution in [0.15, 0.2) is 36.7 Å². The molecule has 1 saturated heterocycles. The summed E-state index contributed by atoms with van der Waals surface area (Å²) in [5.74, 6) is 2.56. The van der Waals surface area contributed by atoms with Crippen molar-refractivity contribution in [3.05, 3.63) is 54.0 Å². The Labute approximate surface area is 155 Å². The number of fused-ring (bicyclic) bond motifs is 1. The molecule has 0 radical (unpaired) electrons. The van der Waals surface area contributed by atoms with E-state index >= 15 is 0 Å². The van der Waals surface area contributed by atoms with Crippen molar-refractivity contribution in [1.82, 2.24) is 24.4 Å². The minimum Gasteiger partial charge on any atom is -0.333 e. The van der Waals surface area contributed by atoms with Gasteiger partial charge in [-0.1, -0.05) is 32.0 Å². The zero-order chi connectivity index (χ0) is 18.1. The van der Waals surface area contributed by atoms with Crippen molar-refractivity contribution in [2.45, 2.75) is 58.7 Å². The van der Waals surface area contributed by atoms with Crippen LogP contribution in [-0.4, -0.2) is 37.0 Å². The van der Waals surface area contributed by atoms with Gasteiger partial charge in [-0.05, 0) is 32.4 Å². The normalized spacial score (nSPS) is 18.2. The Kier molecular flexibility index (Phi) is 4.72. The summed E-state index contributed by atoms with van der Waals surface area (Å²) < 4.78 is 2.32. The molecule has 26 heavy (non-hydrogen) atoms. The molecule has 0 spiro atoms. The average Bonchev–Trinajstić information content (AvgIpc) is 3.25. The molecule has 1 aliphatic rings. The number of rotatable bonds is 5. The van der Waals surface area contributed by atoms with Gasteiger partial charge in [-0.25, -0.2) is 15.0 Å². The number of benzene rings is 1. The summed E-state index contributed by atoms with van der Waals surface area (Å²) in [4.78, 5) is 16.6.